The minimum absolute atomic E-state index is 0.0217. The van der Waals surface area contributed by atoms with Crippen LogP contribution in [0.5, 0.6) is 11.5 Å². The highest BCUT2D eigenvalue weighted by Crippen LogP contribution is 2.28. The van der Waals surface area contributed by atoms with E-state index >= 15 is 0 Å². The molecule has 0 amide bonds. The first-order valence-corrected chi connectivity index (χ1v) is 6.49. The molecule has 0 saturated heterocycles. The lowest BCUT2D eigenvalue weighted by molar-refractivity contribution is 0.112. The molecule has 0 bridgehead atoms. The molecule has 3 nitrogen and oxygen atoms in total. The molecule has 0 aliphatic rings. The van der Waals surface area contributed by atoms with E-state index in [9.17, 15) is 15.0 Å². The fourth-order valence-corrected chi connectivity index (χ4v) is 2.48. The molecule has 0 spiro atoms. The van der Waals surface area contributed by atoms with Crippen LogP contribution in [-0.4, -0.2) is 16.5 Å². The fraction of sp³-hybridized carbons (Fsp3) is 0.235. The molecule has 20 heavy (non-hydrogen) atoms. The highest BCUT2D eigenvalue weighted by molar-refractivity contribution is 5.80. The number of aromatic hydroxyl groups is 2. The van der Waals surface area contributed by atoms with Crippen molar-refractivity contribution in [1.82, 2.24) is 0 Å². The van der Waals surface area contributed by atoms with Crippen molar-refractivity contribution >= 4 is 6.29 Å². The van der Waals surface area contributed by atoms with Gasteiger partial charge in [-0.3, -0.25) is 4.79 Å². The summed E-state index contributed by atoms with van der Waals surface area (Å²) in [5, 5.41) is 19.9. The second-order valence-electron chi connectivity index (χ2n) is 5.23. The Hall–Kier alpha value is -2.29. The molecular formula is C17H18O3. The van der Waals surface area contributed by atoms with Crippen LogP contribution in [-0.2, 0) is 6.42 Å². The Bertz CT molecular complexity index is 672. The van der Waals surface area contributed by atoms with Gasteiger partial charge < -0.3 is 10.2 Å². The fourth-order valence-electron chi connectivity index (χ4n) is 2.48. The van der Waals surface area contributed by atoms with E-state index in [-0.39, 0.29) is 17.1 Å². The summed E-state index contributed by atoms with van der Waals surface area (Å²) in [5.41, 5.74) is 4.58. The molecule has 2 rings (SSSR count). The Morgan fingerprint density at radius 1 is 0.950 bits per heavy atom. The summed E-state index contributed by atoms with van der Waals surface area (Å²) in [4.78, 5) is 10.9. The van der Waals surface area contributed by atoms with E-state index in [0.717, 1.165) is 22.3 Å². The molecule has 2 aromatic rings. The molecule has 2 aromatic carbocycles. The molecule has 0 aromatic heterocycles. The van der Waals surface area contributed by atoms with Gasteiger partial charge in [0.05, 0.1) is 5.56 Å². The van der Waals surface area contributed by atoms with Crippen LogP contribution >= 0.6 is 0 Å². The number of aldehydes is 1. The van der Waals surface area contributed by atoms with Crippen molar-refractivity contribution in [3.63, 3.8) is 0 Å². The summed E-state index contributed by atoms with van der Waals surface area (Å²) in [5.74, 6) is 0.308. The second-order valence-corrected chi connectivity index (χ2v) is 5.23. The lowest BCUT2D eigenvalue weighted by Crippen LogP contribution is -1.95. The molecule has 0 aliphatic heterocycles. The highest BCUT2D eigenvalue weighted by Gasteiger charge is 2.10. The van der Waals surface area contributed by atoms with E-state index in [1.54, 1.807) is 13.0 Å². The van der Waals surface area contributed by atoms with Gasteiger partial charge >= 0.3 is 0 Å². The van der Waals surface area contributed by atoms with E-state index in [1.165, 1.54) is 0 Å². The molecule has 3 heteroatoms. The maximum Gasteiger partial charge on any atom is 0.153 e. The number of hydrogen-bond donors (Lipinski definition) is 2. The van der Waals surface area contributed by atoms with Gasteiger partial charge in [0.1, 0.15) is 11.5 Å². The smallest absolute Gasteiger partial charge is 0.153 e. The zero-order valence-electron chi connectivity index (χ0n) is 11.9. The first-order chi connectivity index (χ1) is 9.42. The highest BCUT2D eigenvalue weighted by atomic mass is 16.3. The van der Waals surface area contributed by atoms with Crippen molar-refractivity contribution in [1.29, 1.82) is 0 Å². The zero-order chi connectivity index (χ0) is 14.9. The molecule has 104 valence electrons. The van der Waals surface area contributed by atoms with Crippen LogP contribution < -0.4 is 0 Å². The molecule has 0 heterocycles. The van der Waals surface area contributed by atoms with Gasteiger partial charge in [-0.2, -0.15) is 0 Å². The maximum atomic E-state index is 10.9. The third-order valence-electron chi connectivity index (χ3n) is 3.44. The number of phenols is 2. The van der Waals surface area contributed by atoms with Crippen LogP contribution in [0.1, 0.15) is 38.2 Å². The largest absolute Gasteiger partial charge is 0.507 e. The maximum absolute atomic E-state index is 10.9. The van der Waals surface area contributed by atoms with Crippen molar-refractivity contribution in [2.24, 2.45) is 0 Å². The topological polar surface area (TPSA) is 57.5 Å². The first-order valence-electron chi connectivity index (χ1n) is 6.49. The van der Waals surface area contributed by atoms with Gasteiger partial charge in [0, 0.05) is 6.42 Å². The van der Waals surface area contributed by atoms with Crippen molar-refractivity contribution < 1.29 is 15.0 Å². The SMILES string of the molecule is Cc1cc(C)c(O)c(Cc2cc(C)c(O)c(C=O)c2)c1. The molecule has 0 unspecified atom stereocenters. The summed E-state index contributed by atoms with van der Waals surface area (Å²) in [7, 11) is 0. The van der Waals surface area contributed by atoms with Crippen LogP contribution in [0.25, 0.3) is 0 Å². The average Bonchev–Trinajstić information content (AvgIpc) is 2.39. The number of aryl methyl sites for hydroxylation is 3. The Labute approximate surface area is 118 Å². The van der Waals surface area contributed by atoms with Crippen LogP contribution in [0, 0.1) is 20.8 Å². The number of hydrogen-bond acceptors (Lipinski definition) is 3. The molecular weight excluding hydrogens is 252 g/mol. The van der Waals surface area contributed by atoms with Crippen LogP contribution in [0.2, 0.25) is 0 Å². The number of phenolic OH excluding ortho intramolecular Hbond substituents is 2. The summed E-state index contributed by atoms with van der Waals surface area (Å²) in [6.45, 7) is 5.60. The van der Waals surface area contributed by atoms with Crippen LogP contribution in [0.4, 0.5) is 0 Å². The Balaban J connectivity index is 2.45. The number of rotatable bonds is 3. The van der Waals surface area contributed by atoms with E-state index in [4.69, 9.17) is 0 Å². The van der Waals surface area contributed by atoms with E-state index in [2.05, 4.69) is 0 Å². The molecule has 0 aliphatic carbocycles. The summed E-state index contributed by atoms with van der Waals surface area (Å²) < 4.78 is 0. The zero-order valence-corrected chi connectivity index (χ0v) is 11.9. The minimum Gasteiger partial charge on any atom is -0.507 e. The predicted molar refractivity (Wildman–Crippen MR) is 78.6 cm³/mol. The minimum atomic E-state index is 0.0217. The van der Waals surface area contributed by atoms with Gasteiger partial charge in [0.2, 0.25) is 0 Å². The summed E-state index contributed by atoms with van der Waals surface area (Å²) >= 11 is 0. The van der Waals surface area contributed by atoms with E-state index in [0.29, 0.717) is 18.3 Å². The third kappa shape index (κ3) is 2.67. The number of carbonyl (C=O) groups excluding carboxylic acids is 1. The van der Waals surface area contributed by atoms with Gasteiger partial charge in [-0.1, -0.05) is 23.8 Å². The number of benzene rings is 2. The van der Waals surface area contributed by atoms with Crippen molar-refractivity contribution in [3.8, 4) is 11.5 Å². The second kappa shape index (κ2) is 5.37. The normalized spacial score (nSPS) is 10.6. The lowest BCUT2D eigenvalue weighted by atomic mass is 9.96. The molecule has 0 saturated carbocycles. The molecule has 0 fully saturated rings. The van der Waals surface area contributed by atoms with Crippen molar-refractivity contribution in [2.45, 2.75) is 27.2 Å². The molecule has 0 atom stereocenters. The monoisotopic (exact) mass is 270 g/mol. The van der Waals surface area contributed by atoms with Crippen LogP contribution in [0.3, 0.4) is 0 Å². The summed E-state index contributed by atoms with van der Waals surface area (Å²) in [6, 6.07) is 7.36. The lowest BCUT2D eigenvalue weighted by Gasteiger charge is -2.11. The molecule has 2 N–H and O–H groups in total. The molecule has 0 radical (unpaired) electrons. The Morgan fingerprint density at radius 2 is 1.60 bits per heavy atom. The van der Waals surface area contributed by atoms with Gasteiger partial charge in [-0.05, 0) is 49.1 Å². The predicted octanol–water partition coefficient (Wildman–Crippen LogP) is 3.43. The van der Waals surface area contributed by atoms with Crippen molar-refractivity contribution in [3.05, 3.63) is 57.6 Å². The average molecular weight is 270 g/mol. The van der Waals surface area contributed by atoms with Gasteiger partial charge in [0.25, 0.3) is 0 Å². The van der Waals surface area contributed by atoms with Gasteiger partial charge in [-0.25, -0.2) is 0 Å². The third-order valence-corrected chi connectivity index (χ3v) is 3.44. The van der Waals surface area contributed by atoms with Gasteiger partial charge in [0.15, 0.2) is 6.29 Å². The van der Waals surface area contributed by atoms with Crippen LogP contribution in [0.15, 0.2) is 24.3 Å². The summed E-state index contributed by atoms with van der Waals surface area (Å²) in [6.07, 6.45) is 1.17. The van der Waals surface area contributed by atoms with Crippen molar-refractivity contribution in [2.75, 3.05) is 0 Å². The standard InChI is InChI=1S/C17H18O3/c1-10-4-11(2)16(19)14(5-10)7-13-6-12(3)17(20)15(8-13)9-18/h4-6,8-9,19-20H,7H2,1-3H3. The van der Waals surface area contributed by atoms with E-state index < -0.39 is 0 Å². The van der Waals surface area contributed by atoms with Gasteiger partial charge in [-0.15, -0.1) is 0 Å². The quantitative estimate of drug-likeness (QED) is 0.840. The first kappa shape index (κ1) is 14.1. The number of carbonyl (C=O) groups is 1. The Kier molecular flexibility index (Phi) is 3.79. The van der Waals surface area contributed by atoms with E-state index in [1.807, 2.05) is 32.0 Å². The Morgan fingerprint density at radius 3 is 2.25 bits per heavy atom.